The highest BCUT2D eigenvalue weighted by Crippen LogP contribution is 1.61. The molecule has 0 heterocycles. The lowest BCUT2D eigenvalue weighted by Crippen LogP contribution is -2.44. The minimum absolute atomic E-state index is 0.306. The molecule has 11 heavy (non-hydrogen) atoms. The summed E-state index contributed by atoms with van der Waals surface area (Å²) in [4.78, 5) is 9.92. The molecule has 7 N–H and O–H groups in total. The summed E-state index contributed by atoms with van der Waals surface area (Å²) in [7, 11) is 0. The fourth-order valence-corrected chi connectivity index (χ4v) is 0.343. The van der Waals surface area contributed by atoms with Crippen molar-refractivity contribution in [2.24, 2.45) is 5.73 Å². The van der Waals surface area contributed by atoms with Crippen molar-refractivity contribution in [1.82, 2.24) is 10.6 Å². The van der Waals surface area contributed by atoms with Crippen LogP contribution in [0.4, 0.5) is 0 Å². The lowest BCUT2D eigenvalue weighted by Gasteiger charge is -2.05. The quantitative estimate of drug-likeness (QED) is 0.206. The Morgan fingerprint density at radius 1 is 1.55 bits per heavy atom. The first-order chi connectivity index (χ1) is 5.02. The van der Waals surface area contributed by atoms with Crippen molar-refractivity contribution >= 4 is 17.9 Å². The van der Waals surface area contributed by atoms with E-state index in [0.717, 1.165) is 0 Å². The molecule has 0 unspecified atom stereocenters. The van der Waals surface area contributed by atoms with E-state index < -0.39 is 11.9 Å². The molecule has 0 spiro atoms. The summed E-state index contributed by atoms with van der Waals surface area (Å²) in [5, 5.41) is 25.9. The first kappa shape index (κ1) is 9.21. The average Bonchev–Trinajstić information content (AvgIpc) is 1.82. The highest BCUT2D eigenvalue weighted by Gasteiger charge is 1.98. The van der Waals surface area contributed by atoms with Crippen LogP contribution in [0.1, 0.15) is 0 Å². The number of carboxylic acid groups (broad SMARTS) is 1. The molecule has 7 nitrogen and oxygen atoms in total. The number of rotatable bonds is 2. The third kappa shape index (κ3) is 6.09. The van der Waals surface area contributed by atoms with Gasteiger partial charge in [0.15, 0.2) is 11.9 Å². The fraction of sp³-hybridized carbons (Fsp3) is 0.250. The van der Waals surface area contributed by atoms with Gasteiger partial charge in [0.1, 0.15) is 6.54 Å². The minimum Gasteiger partial charge on any atom is -0.480 e. The van der Waals surface area contributed by atoms with E-state index in [-0.39, 0.29) is 12.5 Å². The summed E-state index contributed by atoms with van der Waals surface area (Å²) in [5.41, 5.74) is 4.84. The van der Waals surface area contributed by atoms with Crippen LogP contribution < -0.4 is 16.4 Å². The molecule has 0 aliphatic carbocycles. The van der Waals surface area contributed by atoms with E-state index in [1.54, 1.807) is 0 Å². The number of aliphatic carboxylic acids is 1. The predicted molar refractivity (Wildman–Crippen MR) is 38.4 cm³/mol. The second-order valence-corrected chi connectivity index (χ2v) is 1.66. The van der Waals surface area contributed by atoms with E-state index in [9.17, 15) is 4.79 Å². The second-order valence-electron chi connectivity index (χ2n) is 1.66. The molecule has 0 radical (unpaired) electrons. The molecule has 0 saturated heterocycles. The summed E-state index contributed by atoms with van der Waals surface area (Å²) in [6.45, 7) is -0.376. The first-order valence-electron chi connectivity index (χ1n) is 2.67. The number of carboxylic acids is 1. The zero-order chi connectivity index (χ0) is 8.85. The van der Waals surface area contributed by atoms with Gasteiger partial charge in [-0.1, -0.05) is 0 Å². The van der Waals surface area contributed by atoms with Gasteiger partial charge in [0.05, 0.1) is 0 Å². The summed E-state index contributed by atoms with van der Waals surface area (Å²) in [6.07, 6.45) is 0. The van der Waals surface area contributed by atoms with Gasteiger partial charge in [-0.05, 0) is 0 Å². The molecule has 0 aromatic heterocycles. The molecule has 0 rings (SSSR count). The van der Waals surface area contributed by atoms with Gasteiger partial charge < -0.3 is 16.2 Å². The summed E-state index contributed by atoms with van der Waals surface area (Å²) < 4.78 is 0. The molecule has 0 aliphatic heterocycles. The second kappa shape index (κ2) is 4.09. The standard InChI is InChI=1S/C4H9N5O2/c5-3(6)9-4(7)8-1-2(10)11/h1H2,(H,10,11)(H6,5,6,7,8,9). The van der Waals surface area contributed by atoms with E-state index in [0.29, 0.717) is 0 Å². The molecule has 7 heteroatoms. The molecule has 0 aromatic carbocycles. The van der Waals surface area contributed by atoms with Gasteiger partial charge in [-0.3, -0.25) is 20.9 Å². The Hall–Kier alpha value is -1.79. The summed E-state index contributed by atoms with van der Waals surface area (Å²) in [5.74, 6) is -1.80. The van der Waals surface area contributed by atoms with Crippen LogP contribution in [0.15, 0.2) is 0 Å². The Morgan fingerprint density at radius 2 is 2.09 bits per heavy atom. The van der Waals surface area contributed by atoms with Crippen LogP contribution in [0, 0.1) is 10.8 Å². The number of guanidine groups is 2. The van der Waals surface area contributed by atoms with Crippen molar-refractivity contribution in [3.63, 3.8) is 0 Å². The van der Waals surface area contributed by atoms with Gasteiger partial charge in [-0.15, -0.1) is 0 Å². The fourth-order valence-electron chi connectivity index (χ4n) is 0.343. The van der Waals surface area contributed by atoms with Gasteiger partial charge in [0.25, 0.3) is 0 Å². The van der Waals surface area contributed by atoms with E-state index in [4.69, 9.17) is 21.7 Å². The van der Waals surface area contributed by atoms with E-state index in [2.05, 4.69) is 10.6 Å². The van der Waals surface area contributed by atoms with Gasteiger partial charge in [0.2, 0.25) is 0 Å². The van der Waals surface area contributed by atoms with E-state index in [1.807, 2.05) is 0 Å². The maximum absolute atomic E-state index is 9.92. The van der Waals surface area contributed by atoms with Crippen LogP contribution in [0.3, 0.4) is 0 Å². The monoisotopic (exact) mass is 159 g/mol. The molecule has 0 aromatic rings. The van der Waals surface area contributed by atoms with Gasteiger partial charge in [-0.25, -0.2) is 0 Å². The van der Waals surface area contributed by atoms with Crippen LogP contribution >= 0.6 is 0 Å². The molecular formula is C4H9N5O2. The molecule has 0 aliphatic rings. The Morgan fingerprint density at radius 3 is 2.45 bits per heavy atom. The zero-order valence-electron chi connectivity index (χ0n) is 5.64. The number of nitrogens with two attached hydrogens (primary N) is 1. The maximum Gasteiger partial charge on any atom is 0.322 e. The van der Waals surface area contributed by atoms with Crippen molar-refractivity contribution in [1.29, 1.82) is 10.8 Å². The Kier molecular flexibility index (Phi) is 3.43. The van der Waals surface area contributed by atoms with Crippen LogP contribution in [0.5, 0.6) is 0 Å². The Bertz CT molecular complexity index is 189. The summed E-state index contributed by atoms with van der Waals surface area (Å²) in [6, 6.07) is 0. The molecule has 0 amide bonds. The smallest absolute Gasteiger partial charge is 0.322 e. The normalized spacial score (nSPS) is 8.36. The number of nitrogens with one attached hydrogen (secondary N) is 4. The predicted octanol–water partition coefficient (Wildman–Crippen LogP) is -1.92. The molecule has 0 atom stereocenters. The average molecular weight is 159 g/mol. The van der Waals surface area contributed by atoms with E-state index >= 15 is 0 Å². The van der Waals surface area contributed by atoms with Crippen molar-refractivity contribution in [3.05, 3.63) is 0 Å². The van der Waals surface area contributed by atoms with Crippen molar-refractivity contribution in [2.45, 2.75) is 0 Å². The maximum atomic E-state index is 9.92. The van der Waals surface area contributed by atoms with E-state index in [1.165, 1.54) is 0 Å². The Balaban J connectivity index is 3.53. The highest BCUT2D eigenvalue weighted by atomic mass is 16.4. The van der Waals surface area contributed by atoms with Crippen molar-refractivity contribution in [3.8, 4) is 0 Å². The van der Waals surface area contributed by atoms with Crippen LogP contribution in [-0.4, -0.2) is 29.5 Å². The Labute approximate surface area is 62.6 Å². The molecule has 0 bridgehead atoms. The molecular weight excluding hydrogens is 150 g/mol. The van der Waals surface area contributed by atoms with Crippen LogP contribution in [-0.2, 0) is 4.79 Å². The minimum atomic E-state index is -1.08. The number of hydrogen-bond acceptors (Lipinski definition) is 3. The summed E-state index contributed by atoms with van der Waals surface area (Å²) >= 11 is 0. The molecule has 0 saturated carbocycles. The van der Waals surface area contributed by atoms with Crippen molar-refractivity contribution < 1.29 is 9.90 Å². The topological polar surface area (TPSA) is 135 Å². The lowest BCUT2D eigenvalue weighted by molar-refractivity contribution is -0.135. The van der Waals surface area contributed by atoms with Crippen molar-refractivity contribution in [2.75, 3.05) is 6.54 Å². The number of hydrogen-bond donors (Lipinski definition) is 6. The van der Waals surface area contributed by atoms with Gasteiger partial charge in [0, 0.05) is 0 Å². The van der Waals surface area contributed by atoms with Crippen LogP contribution in [0.2, 0.25) is 0 Å². The largest absolute Gasteiger partial charge is 0.480 e. The lowest BCUT2D eigenvalue weighted by atomic mass is 10.6. The number of carbonyl (C=O) groups is 1. The molecule has 62 valence electrons. The first-order valence-corrected chi connectivity index (χ1v) is 2.67. The van der Waals surface area contributed by atoms with Crippen LogP contribution in [0.25, 0.3) is 0 Å². The highest BCUT2D eigenvalue weighted by molar-refractivity contribution is 5.95. The van der Waals surface area contributed by atoms with Gasteiger partial charge >= 0.3 is 5.97 Å². The zero-order valence-corrected chi connectivity index (χ0v) is 5.64. The SMILES string of the molecule is N=C(N)NC(=N)NCC(=O)O. The van der Waals surface area contributed by atoms with Gasteiger partial charge in [-0.2, -0.15) is 0 Å². The third-order valence-electron chi connectivity index (χ3n) is 0.676. The molecule has 0 fully saturated rings. The third-order valence-corrected chi connectivity index (χ3v) is 0.676.